The molecule has 0 bridgehead atoms. The lowest BCUT2D eigenvalue weighted by Crippen LogP contribution is -2.40. The smallest absolute Gasteiger partial charge is 0.261 e. The van der Waals surface area contributed by atoms with E-state index in [9.17, 15) is 23.1 Å². The van der Waals surface area contributed by atoms with Crippen LogP contribution in [-0.4, -0.2) is 54.4 Å². The SMILES string of the molecule is CCCS(=O)(=O)CC(O)CN1C(=O)c2ccccc2C1=O. The number of rotatable bonds is 6. The Labute approximate surface area is 123 Å². The molecule has 0 fully saturated rings. The molecule has 0 aliphatic carbocycles. The van der Waals surface area contributed by atoms with E-state index in [1.807, 2.05) is 0 Å². The number of benzene rings is 1. The summed E-state index contributed by atoms with van der Waals surface area (Å²) in [6.45, 7) is 1.42. The second-order valence-electron chi connectivity index (χ2n) is 5.03. The van der Waals surface area contributed by atoms with Crippen molar-refractivity contribution < 1.29 is 23.1 Å². The average molecular weight is 311 g/mol. The highest BCUT2D eigenvalue weighted by Gasteiger charge is 2.36. The van der Waals surface area contributed by atoms with Gasteiger partial charge in [-0.1, -0.05) is 19.1 Å². The van der Waals surface area contributed by atoms with Gasteiger partial charge in [0, 0.05) is 0 Å². The first-order chi connectivity index (χ1) is 9.85. The molecule has 0 spiro atoms. The number of sulfone groups is 1. The Morgan fingerprint density at radius 1 is 1.14 bits per heavy atom. The van der Waals surface area contributed by atoms with Crippen LogP contribution in [0.4, 0.5) is 0 Å². The summed E-state index contributed by atoms with van der Waals surface area (Å²) >= 11 is 0. The zero-order valence-corrected chi connectivity index (χ0v) is 12.5. The Hall–Kier alpha value is -1.73. The predicted molar refractivity (Wildman–Crippen MR) is 76.8 cm³/mol. The molecule has 1 aliphatic heterocycles. The van der Waals surface area contributed by atoms with E-state index in [0.29, 0.717) is 6.42 Å². The van der Waals surface area contributed by atoms with Crippen molar-refractivity contribution >= 4 is 21.7 Å². The normalized spacial score (nSPS) is 16.2. The highest BCUT2D eigenvalue weighted by atomic mass is 32.2. The molecule has 0 radical (unpaired) electrons. The summed E-state index contributed by atoms with van der Waals surface area (Å²) in [6, 6.07) is 6.37. The molecule has 114 valence electrons. The highest BCUT2D eigenvalue weighted by Crippen LogP contribution is 2.22. The molecule has 1 unspecified atom stereocenters. The summed E-state index contributed by atoms with van der Waals surface area (Å²) in [7, 11) is -3.37. The molecule has 1 aromatic rings. The minimum atomic E-state index is -3.37. The summed E-state index contributed by atoms with van der Waals surface area (Å²) in [4.78, 5) is 25.1. The minimum absolute atomic E-state index is 0.0216. The van der Waals surface area contributed by atoms with Crippen molar-refractivity contribution in [2.24, 2.45) is 0 Å². The van der Waals surface area contributed by atoms with Gasteiger partial charge in [0.2, 0.25) is 0 Å². The van der Waals surface area contributed by atoms with E-state index in [0.717, 1.165) is 4.90 Å². The molecule has 21 heavy (non-hydrogen) atoms. The monoisotopic (exact) mass is 311 g/mol. The van der Waals surface area contributed by atoms with Gasteiger partial charge >= 0.3 is 0 Å². The maximum absolute atomic E-state index is 12.1. The fraction of sp³-hybridized carbons (Fsp3) is 0.429. The first-order valence-electron chi connectivity index (χ1n) is 6.69. The maximum atomic E-state index is 12.1. The third kappa shape index (κ3) is 3.30. The number of carbonyl (C=O) groups is 2. The van der Waals surface area contributed by atoms with Crippen LogP contribution in [0, 0.1) is 0 Å². The summed E-state index contributed by atoms with van der Waals surface area (Å²) in [5, 5.41) is 9.86. The topological polar surface area (TPSA) is 91.8 Å². The third-order valence-electron chi connectivity index (χ3n) is 3.23. The second kappa shape index (κ2) is 5.95. The largest absolute Gasteiger partial charge is 0.390 e. The Kier molecular flexibility index (Phi) is 4.43. The molecular formula is C14H17NO5S. The van der Waals surface area contributed by atoms with Crippen LogP contribution in [0.1, 0.15) is 34.1 Å². The Morgan fingerprint density at radius 3 is 2.14 bits per heavy atom. The van der Waals surface area contributed by atoms with Gasteiger partial charge in [0.1, 0.15) is 0 Å². The van der Waals surface area contributed by atoms with Crippen LogP contribution in [0.2, 0.25) is 0 Å². The van der Waals surface area contributed by atoms with Gasteiger partial charge in [-0.15, -0.1) is 0 Å². The van der Waals surface area contributed by atoms with Crippen LogP contribution in [0.3, 0.4) is 0 Å². The molecule has 1 atom stereocenters. The van der Waals surface area contributed by atoms with E-state index in [1.54, 1.807) is 19.1 Å². The molecular weight excluding hydrogens is 294 g/mol. The van der Waals surface area contributed by atoms with E-state index in [4.69, 9.17) is 0 Å². The number of nitrogens with zero attached hydrogens (tertiary/aromatic N) is 1. The molecule has 2 rings (SSSR count). The third-order valence-corrected chi connectivity index (χ3v) is 5.16. The van der Waals surface area contributed by atoms with Crippen molar-refractivity contribution in [1.29, 1.82) is 0 Å². The number of carbonyl (C=O) groups excluding carboxylic acids is 2. The molecule has 1 aliphatic rings. The number of hydrogen-bond acceptors (Lipinski definition) is 5. The number of β-amino-alcohol motifs (C(OH)–C–C–N with tert-alkyl or cyclic N) is 1. The van der Waals surface area contributed by atoms with Gasteiger partial charge in [0.15, 0.2) is 9.84 Å². The first kappa shape index (κ1) is 15.7. The van der Waals surface area contributed by atoms with Crippen molar-refractivity contribution in [3.05, 3.63) is 35.4 Å². The van der Waals surface area contributed by atoms with Crippen molar-refractivity contribution in [3.8, 4) is 0 Å². The van der Waals surface area contributed by atoms with Crippen molar-refractivity contribution in [3.63, 3.8) is 0 Å². The Morgan fingerprint density at radius 2 is 1.67 bits per heavy atom. The number of aliphatic hydroxyl groups excluding tert-OH is 1. The second-order valence-corrected chi connectivity index (χ2v) is 7.26. The minimum Gasteiger partial charge on any atom is -0.390 e. The standard InChI is InChI=1S/C14H17NO5S/c1-2-7-21(19,20)9-10(16)8-15-13(17)11-5-3-4-6-12(11)14(15)18/h3-6,10,16H,2,7-9H2,1H3. The van der Waals surface area contributed by atoms with Gasteiger partial charge in [-0.25, -0.2) is 8.42 Å². The van der Waals surface area contributed by atoms with E-state index in [1.165, 1.54) is 12.1 Å². The molecule has 2 amide bonds. The van der Waals surface area contributed by atoms with Crippen molar-refractivity contribution in [2.45, 2.75) is 19.4 Å². The molecule has 7 heteroatoms. The lowest BCUT2D eigenvalue weighted by Gasteiger charge is -2.18. The number of fused-ring (bicyclic) bond motifs is 1. The van der Waals surface area contributed by atoms with Crippen LogP contribution in [-0.2, 0) is 9.84 Å². The number of hydrogen-bond donors (Lipinski definition) is 1. The van der Waals surface area contributed by atoms with Crippen molar-refractivity contribution in [1.82, 2.24) is 4.90 Å². The van der Waals surface area contributed by atoms with Gasteiger partial charge in [0.05, 0.1) is 35.3 Å². The lowest BCUT2D eigenvalue weighted by atomic mass is 10.1. The highest BCUT2D eigenvalue weighted by molar-refractivity contribution is 7.91. The van der Waals surface area contributed by atoms with Gasteiger partial charge in [-0.05, 0) is 18.6 Å². The van der Waals surface area contributed by atoms with E-state index in [2.05, 4.69) is 0 Å². The summed E-state index contributed by atoms with van der Waals surface area (Å²) in [5.41, 5.74) is 0.567. The van der Waals surface area contributed by atoms with Crippen molar-refractivity contribution in [2.75, 3.05) is 18.1 Å². The average Bonchev–Trinajstić information content (AvgIpc) is 2.64. The van der Waals surface area contributed by atoms with Crippen LogP contribution in [0.25, 0.3) is 0 Å². The molecule has 0 saturated heterocycles. The molecule has 6 nitrogen and oxygen atoms in total. The molecule has 1 heterocycles. The molecule has 1 aromatic carbocycles. The number of imide groups is 1. The summed E-state index contributed by atoms with van der Waals surface area (Å²) < 4.78 is 23.3. The summed E-state index contributed by atoms with van der Waals surface area (Å²) in [5.74, 6) is -1.47. The molecule has 1 N–H and O–H groups in total. The van der Waals surface area contributed by atoms with E-state index in [-0.39, 0.29) is 23.4 Å². The zero-order valence-electron chi connectivity index (χ0n) is 11.7. The van der Waals surface area contributed by atoms with Crippen LogP contribution in [0.15, 0.2) is 24.3 Å². The van der Waals surface area contributed by atoms with Crippen LogP contribution >= 0.6 is 0 Å². The fourth-order valence-corrected chi connectivity index (χ4v) is 3.84. The maximum Gasteiger partial charge on any atom is 0.261 e. The Balaban J connectivity index is 2.08. The zero-order chi connectivity index (χ0) is 15.6. The lowest BCUT2D eigenvalue weighted by molar-refractivity contribution is 0.0565. The van der Waals surface area contributed by atoms with Gasteiger partial charge in [-0.2, -0.15) is 0 Å². The quantitative estimate of drug-likeness (QED) is 0.771. The van der Waals surface area contributed by atoms with Gasteiger partial charge in [-0.3, -0.25) is 14.5 Å². The fourth-order valence-electron chi connectivity index (χ4n) is 2.36. The van der Waals surface area contributed by atoms with Crippen LogP contribution in [0.5, 0.6) is 0 Å². The van der Waals surface area contributed by atoms with Gasteiger partial charge in [0.25, 0.3) is 11.8 Å². The van der Waals surface area contributed by atoms with Gasteiger partial charge < -0.3 is 5.11 Å². The summed E-state index contributed by atoms with van der Waals surface area (Å²) in [6.07, 6.45) is -0.814. The molecule has 0 saturated carbocycles. The first-order valence-corrected chi connectivity index (χ1v) is 8.51. The predicted octanol–water partition coefficient (Wildman–Crippen LogP) is 0.468. The number of aliphatic hydroxyl groups is 1. The molecule has 0 aromatic heterocycles. The van der Waals surface area contributed by atoms with E-state index >= 15 is 0 Å². The van der Waals surface area contributed by atoms with Crippen LogP contribution < -0.4 is 0 Å². The Bertz CT molecular complexity index is 633. The van der Waals surface area contributed by atoms with E-state index < -0.39 is 33.5 Å². The number of amides is 2.